The molecule has 18 heavy (non-hydrogen) atoms. The molecule has 0 aromatic heterocycles. The summed E-state index contributed by atoms with van der Waals surface area (Å²) in [5.74, 6) is 0.208. The number of hydrogen-bond acceptors (Lipinski definition) is 4. The molecule has 0 spiro atoms. The highest BCUT2D eigenvalue weighted by Crippen LogP contribution is 2.21. The SMILES string of the molecule is CC(C)(C)NC(=O)N1CCN[C@@H]2CS(=O)(=O)C[C@@H]21. The minimum Gasteiger partial charge on any atom is -0.333 e. The Bertz CT molecular complexity index is 441. The molecule has 2 aliphatic heterocycles. The van der Waals surface area contributed by atoms with Crippen LogP contribution in [-0.4, -0.2) is 61.6 Å². The summed E-state index contributed by atoms with van der Waals surface area (Å²) in [6, 6.07) is -0.517. The van der Waals surface area contributed by atoms with Crippen LogP contribution in [0.2, 0.25) is 0 Å². The number of hydrogen-bond donors (Lipinski definition) is 2. The molecule has 104 valence electrons. The third kappa shape index (κ3) is 2.95. The van der Waals surface area contributed by atoms with Gasteiger partial charge in [0, 0.05) is 24.7 Å². The Morgan fingerprint density at radius 3 is 2.61 bits per heavy atom. The molecule has 0 unspecified atom stereocenters. The lowest BCUT2D eigenvalue weighted by Crippen LogP contribution is -2.62. The number of carbonyl (C=O) groups is 1. The quantitative estimate of drug-likeness (QED) is 0.628. The van der Waals surface area contributed by atoms with Crippen molar-refractivity contribution in [3.8, 4) is 0 Å². The number of nitrogens with zero attached hydrogens (tertiary/aromatic N) is 1. The second-order valence-corrected chi connectivity index (χ2v) is 8.23. The number of fused-ring (bicyclic) bond motifs is 1. The minimum absolute atomic E-state index is 0.0717. The number of amides is 2. The largest absolute Gasteiger partial charge is 0.333 e. The van der Waals surface area contributed by atoms with E-state index in [2.05, 4.69) is 10.6 Å². The van der Waals surface area contributed by atoms with Crippen LogP contribution in [0, 0.1) is 0 Å². The molecule has 0 aromatic carbocycles. The van der Waals surface area contributed by atoms with Gasteiger partial charge in [-0.25, -0.2) is 13.2 Å². The van der Waals surface area contributed by atoms with Crippen molar-refractivity contribution in [2.45, 2.75) is 38.4 Å². The molecule has 2 saturated heterocycles. The maximum absolute atomic E-state index is 12.2. The molecule has 0 aromatic rings. The van der Waals surface area contributed by atoms with Gasteiger partial charge in [-0.3, -0.25) is 0 Å². The van der Waals surface area contributed by atoms with Crippen LogP contribution in [-0.2, 0) is 9.84 Å². The van der Waals surface area contributed by atoms with Gasteiger partial charge in [0.2, 0.25) is 0 Å². The van der Waals surface area contributed by atoms with Gasteiger partial charge in [0.15, 0.2) is 9.84 Å². The molecule has 2 rings (SSSR count). The normalized spacial score (nSPS) is 30.9. The molecule has 6 nitrogen and oxygen atoms in total. The molecule has 0 aliphatic carbocycles. The van der Waals surface area contributed by atoms with Crippen LogP contribution >= 0.6 is 0 Å². The average Bonchev–Trinajstić information content (AvgIpc) is 2.47. The summed E-state index contributed by atoms with van der Waals surface area (Å²) in [4.78, 5) is 13.8. The van der Waals surface area contributed by atoms with Gasteiger partial charge in [-0.05, 0) is 20.8 Å². The Balaban J connectivity index is 2.11. The first kappa shape index (κ1) is 13.6. The van der Waals surface area contributed by atoms with E-state index in [-0.39, 0.29) is 35.2 Å². The van der Waals surface area contributed by atoms with Crippen LogP contribution in [0.3, 0.4) is 0 Å². The van der Waals surface area contributed by atoms with Crippen molar-refractivity contribution < 1.29 is 13.2 Å². The number of urea groups is 1. The standard InChI is InChI=1S/C11H21N3O3S/c1-11(2,3)13-10(15)14-5-4-12-8-6-18(16,17)7-9(8)14/h8-9,12H,4-7H2,1-3H3,(H,13,15)/t8-,9+/m1/s1. The molecule has 2 amide bonds. The topological polar surface area (TPSA) is 78.5 Å². The van der Waals surface area contributed by atoms with Crippen LogP contribution in [0.5, 0.6) is 0 Å². The molecular weight excluding hydrogens is 254 g/mol. The van der Waals surface area contributed by atoms with Crippen molar-refractivity contribution in [2.24, 2.45) is 0 Å². The molecule has 7 heteroatoms. The lowest BCUT2D eigenvalue weighted by atomic mass is 10.1. The highest BCUT2D eigenvalue weighted by molar-refractivity contribution is 7.91. The molecule has 2 N–H and O–H groups in total. The molecule has 2 atom stereocenters. The third-order valence-corrected chi connectivity index (χ3v) is 4.94. The highest BCUT2D eigenvalue weighted by Gasteiger charge is 2.44. The fraction of sp³-hybridized carbons (Fsp3) is 0.909. The van der Waals surface area contributed by atoms with Crippen LogP contribution in [0.1, 0.15) is 20.8 Å². The monoisotopic (exact) mass is 275 g/mol. The summed E-state index contributed by atoms with van der Waals surface area (Å²) in [7, 11) is -3.02. The van der Waals surface area contributed by atoms with Crippen LogP contribution < -0.4 is 10.6 Å². The molecule has 2 fully saturated rings. The fourth-order valence-corrected chi connectivity index (χ4v) is 4.47. The van der Waals surface area contributed by atoms with E-state index in [4.69, 9.17) is 0 Å². The summed E-state index contributed by atoms with van der Waals surface area (Å²) in [5.41, 5.74) is -0.311. The number of rotatable bonds is 0. The fourth-order valence-electron chi connectivity index (χ4n) is 2.51. The van der Waals surface area contributed by atoms with E-state index < -0.39 is 9.84 Å². The molecule has 0 radical (unpaired) electrons. The van der Waals surface area contributed by atoms with Crippen molar-refractivity contribution >= 4 is 15.9 Å². The first-order valence-corrected chi connectivity index (χ1v) is 8.03. The van der Waals surface area contributed by atoms with E-state index in [1.54, 1.807) is 4.90 Å². The van der Waals surface area contributed by atoms with Crippen molar-refractivity contribution in [3.63, 3.8) is 0 Å². The lowest BCUT2D eigenvalue weighted by molar-refractivity contribution is 0.145. The van der Waals surface area contributed by atoms with E-state index in [9.17, 15) is 13.2 Å². The number of carbonyl (C=O) groups excluding carboxylic acids is 1. The Hall–Kier alpha value is -0.820. The van der Waals surface area contributed by atoms with Crippen molar-refractivity contribution in [3.05, 3.63) is 0 Å². The first-order chi connectivity index (χ1) is 8.18. The van der Waals surface area contributed by atoms with E-state index in [1.807, 2.05) is 20.8 Å². The van der Waals surface area contributed by atoms with E-state index in [0.717, 1.165) is 0 Å². The second-order valence-electron chi connectivity index (χ2n) is 6.08. The van der Waals surface area contributed by atoms with Gasteiger partial charge in [0.25, 0.3) is 0 Å². The number of nitrogens with one attached hydrogen (secondary N) is 2. The zero-order valence-corrected chi connectivity index (χ0v) is 11.9. The van der Waals surface area contributed by atoms with Crippen molar-refractivity contribution in [1.82, 2.24) is 15.5 Å². The zero-order valence-electron chi connectivity index (χ0n) is 11.1. The predicted molar refractivity (Wildman–Crippen MR) is 69.2 cm³/mol. The highest BCUT2D eigenvalue weighted by atomic mass is 32.2. The Labute approximate surface area is 108 Å². The Morgan fingerprint density at radius 1 is 1.33 bits per heavy atom. The van der Waals surface area contributed by atoms with Gasteiger partial charge in [-0.15, -0.1) is 0 Å². The summed E-state index contributed by atoms with van der Waals surface area (Å²) >= 11 is 0. The van der Waals surface area contributed by atoms with Crippen LogP contribution in [0.25, 0.3) is 0 Å². The first-order valence-electron chi connectivity index (χ1n) is 6.20. The van der Waals surface area contributed by atoms with Gasteiger partial charge >= 0.3 is 6.03 Å². The van der Waals surface area contributed by atoms with E-state index in [0.29, 0.717) is 13.1 Å². The molecule has 2 heterocycles. The maximum Gasteiger partial charge on any atom is 0.318 e. The minimum atomic E-state index is -3.02. The number of sulfone groups is 1. The molecule has 0 saturated carbocycles. The van der Waals surface area contributed by atoms with Gasteiger partial charge in [-0.1, -0.05) is 0 Å². The van der Waals surface area contributed by atoms with Gasteiger partial charge in [0.1, 0.15) is 0 Å². The van der Waals surface area contributed by atoms with Gasteiger partial charge < -0.3 is 15.5 Å². The Morgan fingerprint density at radius 2 is 2.00 bits per heavy atom. The van der Waals surface area contributed by atoms with Crippen molar-refractivity contribution in [1.29, 1.82) is 0 Å². The zero-order chi connectivity index (χ0) is 13.6. The predicted octanol–water partition coefficient (Wildman–Crippen LogP) is -0.435. The summed E-state index contributed by atoms with van der Waals surface area (Å²) < 4.78 is 23.3. The van der Waals surface area contributed by atoms with Gasteiger partial charge in [0.05, 0.1) is 17.5 Å². The third-order valence-electron chi connectivity index (χ3n) is 3.23. The van der Waals surface area contributed by atoms with Crippen molar-refractivity contribution in [2.75, 3.05) is 24.6 Å². The van der Waals surface area contributed by atoms with E-state index in [1.165, 1.54) is 0 Å². The summed E-state index contributed by atoms with van der Waals surface area (Å²) in [6.45, 7) is 6.94. The van der Waals surface area contributed by atoms with Crippen LogP contribution in [0.4, 0.5) is 4.79 Å². The maximum atomic E-state index is 12.2. The van der Waals surface area contributed by atoms with Gasteiger partial charge in [-0.2, -0.15) is 0 Å². The lowest BCUT2D eigenvalue weighted by Gasteiger charge is -2.38. The second kappa shape index (κ2) is 4.38. The average molecular weight is 275 g/mol. The summed E-state index contributed by atoms with van der Waals surface area (Å²) in [5, 5.41) is 6.08. The number of piperazine rings is 1. The summed E-state index contributed by atoms with van der Waals surface area (Å²) in [6.07, 6.45) is 0. The smallest absolute Gasteiger partial charge is 0.318 e. The molecular formula is C11H21N3O3S. The van der Waals surface area contributed by atoms with E-state index >= 15 is 0 Å². The molecule has 2 aliphatic rings. The molecule has 0 bridgehead atoms. The van der Waals surface area contributed by atoms with Crippen LogP contribution in [0.15, 0.2) is 0 Å². The Kier molecular flexibility index (Phi) is 3.31.